The summed E-state index contributed by atoms with van der Waals surface area (Å²) in [6.45, 7) is 5.38. The van der Waals surface area contributed by atoms with Gasteiger partial charge in [-0.05, 0) is 77.0 Å². The topological polar surface area (TPSA) is 91.3 Å². The number of hydrogen-bond donors (Lipinski definition) is 1. The van der Waals surface area contributed by atoms with Crippen LogP contribution in [0.15, 0.2) is 72.9 Å². The molecule has 0 amide bonds. The second-order valence-corrected chi connectivity index (χ2v) is 16.4. The van der Waals surface area contributed by atoms with Crippen LogP contribution in [-0.2, 0) is 27.9 Å². The van der Waals surface area contributed by atoms with Crippen molar-refractivity contribution in [1.29, 1.82) is 0 Å². The van der Waals surface area contributed by atoms with E-state index in [0.717, 1.165) is 96.3 Å². The number of phosphoric acid groups is 1. The zero-order valence-electron chi connectivity index (χ0n) is 35.2. The molecule has 0 heterocycles. The van der Waals surface area contributed by atoms with Gasteiger partial charge in [-0.1, -0.05) is 138 Å². The van der Waals surface area contributed by atoms with E-state index >= 15 is 0 Å². The fraction of sp³-hybridized carbons (Fsp3) is 0.711. The van der Waals surface area contributed by atoms with E-state index in [1.807, 2.05) is 21.1 Å². The van der Waals surface area contributed by atoms with Crippen LogP contribution in [0.3, 0.4) is 0 Å². The van der Waals surface area contributed by atoms with E-state index in [1.165, 1.54) is 32.1 Å². The summed E-state index contributed by atoms with van der Waals surface area (Å²) in [5.74, 6) is -0.339. The van der Waals surface area contributed by atoms with Gasteiger partial charge in [0.1, 0.15) is 19.3 Å². The molecule has 0 aliphatic heterocycles. The molecular weight excluding hydrogens is 697 g/mol. The molecule has 0 bridgehead atoms. The van der Waals surface area contributed by atoms with Crippen molar-refractivity contribution in [3.63, 3.8) is 0 Å². The lowest BCUT2D eigenvalue weighted by molar-refractivity contribution is -0.870. The van der Waals surface area contributed by atoms with Gasteiger partial charge in [0.05, 0.1) is 34.4 Å². The lowest BCUT2D eigenvalue weighted by Gasteiger charge is -2.24. The van der Waals surface area contributed by atoms with Gasteiger partial charge in [0, 0.05) is 13.0 Å². The number of likely N-dealkylation sites (N-methyl/N-ethyl adjacent to an activating group) is 1. The summed E-state index contributed by atoms with van der Waals surface area (Å²) in [4.78, 5) is 22.8. The lowest BCUT2D eigenvalue weighted by atomic mass is 10.1. The molecule has 1 N–H and O–H groups in total. The number of carbonyl (C=O) groups excluding carboxylic acids is 1. The average Bonchev–Trinajstić information content (AvgIpc) is 3.12. The molecule has 0 aliphatic rings. The predicted molar refractivity (Wildman–Crippen MR) is 228 cm³/mol. The number of quaternary nitrogens is 1. The molecule has 8 nitrogen and oxygen atoms in total. The number of allylic oxidation sites excluding steroid dienone is 12. The van der Waals surface area contributed by atoms with Crippen LogP contribution in [0.2, 0.25) is 0 Å². The van der Waals surface area contributed by atoms with Crippen molar-refractivity contribution in [2.75, 3.05) is 54.1 Å². The summed E-state index contributed by atoms with van der Waals surface area (Å²) in [5.41, 5.74) is 0. The van der Waals surface area contributed by atoms with Crippen LogP contribution in [0.1, 0.15) is 149 Å². The van der Waals surface area contributed by atoms with Gasteiger partial charge in [0.25, 0.3) is 0 Å². The van der Waals surface area contributed by atoms with Crippen molar-refractivity contribution in [3.8, 4) is 0 Å². The SMILES string of the molecule is CC/C=C\C/C=C\C/C=C\C/C=C\CCCCCCCOCC(COP(=O)(O)OCC[N+](C)(C)C)OC(=O)CCCCCCC/C=C\C/C=C\CCCC. The molecule has 0 aliphatic carbocycles. The first-order valence-electron chi connectivity index (χ1n) is 21.2. The average molecular weight is 779 g/mol. The molecule has 9 heteroatoms. The number of hydrogen-bond acceptors (Lipinski definition) is 6. The van der Waals surface area contributed by atoms with E-state index in [4.69, 9.17) is 18.5 Å². The fourth-order valence-electron chi connectivity index (χ4n) is 5.21. The third-order valence-electron chi connectivity index (χ3n) is 8.50. The molecule has 2 unspecified atom stereocenters. The van der Waals surface area contributed by atoms with Gasteiger partial charge in [-0.25, -0.2) is 4.57 Å². The molecule has 2 atom stereocenters. The highest BCUT2D eigenvalue weighted by molar-refractivity contribution is 7.47. The Balaban J connectivity index is 4.33. The van der Waals surface area contributed by atoms with E-state index in [1.54, 1.807) is 0 Å². The van der Waals surface area contributed by atoms with E-state index < -0.39 is 13.9 Å². The third kappa shape index (κ3) is 41.1. The Morgan fingerprint density at radius 3 is 1.61 bits per heavy atom. The maximum absolute atomic E-state index is 12.7. The Labute approximate surface area is 332 Å². The van der Waals surface area contributed by atoms with E-state index in [0.29, 0.717) is 24.1 Å². The number of rotatable bonds is 38. The zero-order chi connectivity index (χ0) is 39.9. The predicted octanol–water partition coefficient (Wildman–Crippen LogP) is 12.3. The molecule has 0 fully saturated rings. The number of nitrogens with zero attached hydrogens (tertiary/aromatic N) is 1. The molecule has 0 saturated carbocycles. The molecule has 0 aromatic rings. The number of ether oxygens (including phenoxy) is 2. The highest BCUT2D eigenvalue weighted by Gasteiger charge is 2.26. The number of carbonyl (C=O) groups is 1. The van der Waals surface area contributed by atoms with Crippen LogP contribution in [0, 0.1) is 0 Å². The minimum absolute atomic E-state index is 0.0778. The molecular formula is C45H81NO7P+. The van der Waals surface area contributed by atoms with Crippen LogP contribution >= 0.6 is 7.82 Å². The van der Waals surface area contributed by atoms with Crippen molar-refractivity contribution in [2.45, 2.75) is 155 Å². The van der Waals surface area contributed by atoms with Crippen molar-refractivity contribution < 1.29 is 37.3 Å². The summed E-state index contributed by atoms with van der Waals surface area (Å²) in [6.07, 6.45) is 47.9. The van der Waals surface area contributed by atoms with Gasteiger partial charge < -0.3 is 18.9 Å². The quantitative estimate of drug-likeness (QED) is 0.0219. The Bertz CT molecular complexity index is 1090. The summed E-state index contributed by atoms with van der Waals surface area (Å²) in [6, 6.07) is 0. The second kappa shape index (κ2) is 37.8. The van der Waals surface area contributed by atoms with E-state index in [9.17, 15) is 14.3 Å². The van der Waals surface area contributed by atoms with Crippen LogP contribution in [0.5, 0.6) is 0 Å². The summed E-state index contributed by atoms with van der Waals surface area (Å²) >= 11 is 0. The Morgan fingerprint density at radius 2 is 1.07 bits per heavy atom. The number of unbranched alkanes of at least 4 members (excludes halogenated alkanes) is 12. The highest BCUT2D eigenvalue weighted by Crippen LogP contribution is 2.43. The standard InChI is InChI=1S/C45H80NO7P/c1-6-8-10-12-14-16-18-20-22-23-24-25-27-29-31-33-35-37-40-50-42-44(43-52-54(48,49)51-41-39-46(3,4)5)53-45(47)38-36-34-32-30-28-26-21-19-17-15-13-11-9-7-2/h8,10,13-16,19-22,24-25,44H,6-7,9,11-12,17-18,23,26-43H2,1-5H3/p+1/b10-8-,15-13-,16-14-,21-19-,22-20-,25-24-. The Kier molecular flexibility index (Phi) is 36.4. The van der Waals surface area contributed by atoms with Gasteiger partial charge >= 0.3 is 13.8 Å². The van der Waals surface area contributed by atoms with Gasteiger partial charge in [-0.3, -0.25) is 13.8 Å². The maximum Gasteiger partial charge on any atom is 0.472 e. The fourth-order valence-corrected chi connectivity index (χ4v) is 5.95. The van der Waals surface area contributed by atoms with Gasteiger partial charge in [0.2, 0.25) is 0 Å². The molecule has 0 saturated heterocycles. The summed E-state index contributed by atoms with van der Waals surface area (Å²) < 4.78 is 34.9. The smallest absolute Gasteiger partial charge is 0.457 e. The molecule has 0 aromatic heterocycles. The van der Waals surface area contributed by atoms with Crippen LogP contribution in [0.4, 0.5) is 0 Å². The normalized spacial score (nSPS) is 14.6. The summed E-state index contributed by atoms with van der Waals surface area (Å²) in [7, 11) is 1.63. The first-order valence-corrected chi connectivity index (χ1v) is 22.7. The highest BCUT2D eigenvalue weighted by atomic mass is 31.2. The second-order valence-electron chi connectivity index (χ2n) is 15.0. The largest absolute Gasteiger partial charge is 0.472 e. The third-order valence-corrected chi connectivity index (χ3v) is 9.49. The molecule has 0 rings (SSSR count). The number of phosphoric ester groups is 1. The van der Waals surface area contributed by atoms with E-state index in [2.05, 4.69) is 86.8 Å². The van der Waals surface area contributed by atoms with Gasteiger partial charge in [-0.15, -0.1) is 0 Å². The maximum atomic E-state index is 12.7. The van der Waals surface area contributed by atoms with Gasteiger partial charge in [0.15, 0.2) is 0 Å². The van der Waals surface area contributed by atoms with Crippen LogP contribution in [0.25, 0.3) is 0 Å². The van der Waals surface area contributed by atoms with Crippen molar-refractivity contribution in [3.05, 3.63) is 72.9 Å². The Hall–Kier alpha value is -2.06. The molecule has 312 valence electrons. The van der Waals surface area contributed by atoms with Crippen LogP contribution < -0.4 is 0 Å². The van der Waals surface area contributed by atoms with Crippen molar-refractivity contribution in [1.82, 2.24) is 0 Å². The molecule has 54 heavy (non-hydrogen) atoms. The first-order chi connectivity index (χ1) is 26.1. The molecule has 0 spiro atoms. The zero-order valence-corrected chi connectivity index (χ0v) is 36.1. The monoisotopic (exact) mass is 779 g/mol. The summed E-state index contributed by atoms with van der Waals surface area (Å²) in [5, 5.41) is 0. The van der Waals surface area contributed by atoms with E-state index in [-0.39, 0.29) is 25.8 Å². The Morgan fingerprint density at radius 1 is 0.593 bits per heavy atom. The van der Waals surface area contributed by atoms with Gasteiger partial charge in [-0.2, -0.15) is 0 Å². The number of esters is 1. The van der Waals surface area contributed by atoms with Crippen molar-refractivity contribution in [2.24, 2.45) is 0 Å². The van der Waals surface area contributed by atoms with Crippen molar-refractivity contribution >= 4 is 13.8 Å². The minimum Gasteiger partial charge on any atom is -0.457 e. The minimum atomic E-state index is -4.29. The van der Waals surface area contributed by atoms with Crippen LogP contribution in [-0.4, -0.2) is 75.6 Å². The molecule has 0 aromatic carbocycles. The molecule has 0 radical (unpaired) electrons. The lowest BCUT2D eigenvalue weighted by Crippen LogP contribution is -2.37. The first kappa shape index (κ1) is 51.9.